The minimum absolute atomic E-state index is 0.172. The van der Waals surface area contributed by atoms with Crippen molar-refractivity contribution in [1.29, 1.82) is 0 Å². The van der Waals surface area contributed by atoms with Gasteiger partial charge in [0.05, 0.1) is 17.1 Å². The number of carboxylic acid groups (broad SMARTS) is 1. The van der Waals surface area contributed by atoms with Crippen molar-refractivity contribution >= 4 is 28.9 Å². The van der Waals surface area contributed by atoms with Gasteiger partial charge in [0.15, 0.2) is 17.3 Å². The van der Waals surface area contributed by atoms with Gasteiger partial charge < -0.3 is 20.1 Å². The lowest BCUT2D eigenvalue weighted by Gasteiger charge is -2.22. The Balaban J connectivity index is 1.77. The molecule has 1 atom stereocenters. The van der Waals surface area contributed by atoms with Crippen LogP contribution in [-0.4, -0.2) is 51.5 Å². The van der Waals surface area contributed by atoms with Gasteiger partial charge in [0.1, 0.15) is 22.8 Å². The van der Waals surface area contributed by atoms with Crippen molar-refractivity contribution in [1.82, 2.24) is 14.9 Å². The summed E-state index contributed by atoms with van der Waals surface area (Å²) in [6.45, 7) is 5.65. The number of aromatic carboxylic acids is 1. The van der Waals surface area contributed by atoms with Crippen LogP contribution in [0.2, 0.25) is 0 Å². The first-order valence-electron chi connectivity index (χ1n) is 11.0. The first kappa shape index (κ1) is 25.0. The number of nitrogens with one attached hydrogen (secondary N) is 1. The molecule has 4 rings (SSSR count). The number of carboxylic acids is 1. The molecule has 1 saturated heterocycles. The van der Waals surface area contributed by atoms with Crippen LogP contribution in [0.4, 0.5) is 23.8 Å². The molecular formula is C24H23F3N4O5. The molecule has 2 aromatic heterocycles. The van der Waals surface area contributed by atoms with Crippen LogP contribution in [0.15, 0.2) is 35.3 Å². The predicted molar refractivity (Wildman–Crippen MR) is 124 cm³/mol. The fraction of sp³-hybridized carbons (Fsp3) is 0.333. The quantitative estimate of drug-likeness (QED) is 0.558. The maximum absolute atomic E-state index is 15.1. The van der Waals surface area contributed by atoms with Crippen molar-refractivity contribution in [3.8, 4) is 5.69 Å². The summed E-state index contributed by atoms with van der Waals surface area (Å²) in [6, 6.07) is 3.08. The molecule has 0 bridgehead atoms. The highest BCUT2D eigenvalue weighted by Crippen LogP contribution is 2.27. The number of alkyl carbamates (subject to hydrolysis) is 1. The maximum Gasteiger partial charge on any atom is 0.407 e. The van der Waals surface area contributed by atoms with Crippen molar-refractivity contribution < 1.29 is 32.6 Å². The number of carbonyl (C=O) groups excluding carboxylic acids is 1. The average Bonchev–Trinajstić information content (AvgIpc) is 3.21. The smallest absolute Gasteiger partial charge is 0.407 e. The molecule has 0 saturated carbocycles. The molecule has 0 aliphatic carbocycles. The average molecular weight is 504 g/mol. The van der Waals surface area contributed by atoms with Crippen LogP contribution in [0.3, 0.4) is 0 Å². The number of carbonyl (C=O) groups is 2. The molecule has 1 fully saturated rings. The summed E-state index contributed by atoms with van der Waals surface area (Å²) in [4.78, 5) is 42.2. The number of hydrogen-bond acceptors (Lipinski definition) is 6. The van der Waals surface area contributed by atoms with Crippen LogP contribution < -0.4 is 15.6 Å². The Morgan fingerprint density at radius 1 is 1.17 bits per heavy atom. The molecule has 1 aliphatic heterocycles. The largest absolute Gasteiger partial charge is 0.477 e. The minimum Gasteiger partial charge on any atom is -0.477 e. The summed E-state index contributed by atoms with van der Waals surface area (Å²) in [5.74, 6) is -4.56. The van der Waals surface area contributed by atoms with Crippen LogP contribution in [0, 0.1) is 17.5 Å². The van der Waals surface area contributed by atoms with Gasteiger partial charge in [0.25, 0.3) is 0 Å². The van der Waals surface area contributed by atoms with Crippen molar-refractivity contribution in [2.45, 2.75) is 38.8 Å². The third kappa shape index (κ3) is 4.97. The number of fused-ring (bicyclic) bond motifs is 1. The predicted octanol–water partition coefficient (Wildman–Crippen LogP) is 3.60. The summed E-state index contributed by atoms with van der Waals surface area (Å²) < 4.78 is 49.4. The third-order valence-electron chi connectivity index (χ3n) is 5.52. The van der Waals surface area contributed by atoms with E-state index in [2.05, 4.69) is 10.3 Å². The number of aromatic nitrogens is 2. The van der Waals surface area contributed by atoms with E-state index >= 15 is 4.39 Å². The lowest BCUT2D eigenvalue weighted by Crippen LogP contribution is -2.40. The topological polar surface area (TPSA) is 114 Å². The third-order valence-corrected chi connectivity index (χ3v) is 5.52. The Kier molecular flexibility index (Phi) is 6.37. The summed E-state index contributed by atoms with van der Waals surface area (Å²) in [6.07, 6.45) is 0.702. The number of nitrogens with zero attached hydrogens (tertiary/aromatic N) is 3. The minimum atomic E-state index is -1.60. The Hall–Kier alpha value is -4.09. The number of ether oxygens (including phenoxy) is 1. The van der Waals surface area contributed by atoms with Gasteiger partial charge >= 0.3 is 12.1 Å². The monoisotopic (exact) mass is 504 g/mol. The normalized spacial score (nSPS) is 15.8. The van der Waals surface area contributed by atoms with Gasteiger partial charge in [0.2, 0.25) is 5.43 Å². The zero-order valence-electron chi connectivity index (χ0n) is 19.6. The van der Waals surface area contributed by atoms with E-state index in [1.165, 1.54) is 4.90 Å². The Labute approximate surface area is 203 Å². The van der Waals surface area contributed by atoms with Gasteiger partial charge in [-0.2, -0.15) is 0 Å². The van der Waals surface area contributed by atoms with Crippen LogP contribution in [0.1, 0.15) is 37.6 Å². The van der Waals surface area contributed by atoms with Gasteiger partial charge in [-0.15, -0.1) is 0 Å². The molecule has 2 N–H and O–H groups in total. The number of pyridine rings is 2. The summed E-state index contributed by atoms with van der Waals surface area (Å²) >= 11 is 0. The molecule has 1 aromatic carbocycles. The second-order valence-corrected chi connectivity index (χ2v) is 9.39. The molecule has 0 radical (unpaired) electrons. The highest BCUT2D eigenvalue weighted by molar-refractivity contribution is 5.92. The second-order valence-electron chi connectivity index (χ2n) is 9.39. The lowest BCUT2D eigenvalue weighted by atomic mass is 10.1. The highest BCUT2D eigenvalue weighted by Gasteiger charge is 2.29. The van der Waals surface area contributed by atoms with Gasteiger partial charge in [0, 0.05) is 25.4 Å². The standard InChI is InChI=1S/C24H23F3N4O5/c1-24(2,3)36-23(35)28-13-6-7-30(10-13)21-17(27)9-14-19(32)15(22(33)34)11-31(20(14)29-21)18-5-4-12(25)8-16(18)26/h4-5,8-9,11,13H,6-7,10H2,1-3H3,(H,28,35)(H,33,34). The number of amides is 1. The SMILES string of the molecule is CC(C)(C)OC(=O)NC1CCN(c2nc3c(cc2F)c(=O)c(C(=O)O)cn3-c2ccc(F)cc2F)C1. The summed E-state index contributed by atoms with van der Waals surface area (Å²) in [5, 5.41) is 11.8. The number of anilines is 1. The number of hydrogen-bond donors (Lipinski definition) is 2. The van der Waals surface area contributed by atoms with E-state index in [4.69, 9.17) is 4.74 Å². The van der Waals surface area contributed by atoms with Crippen molar-refractivity contribution in [2.75, 3.05) is 18.0 Å². The first-order chi connectivity index (χ1) is 16.8. The van der Waals surface area contributed by atoms with Gasteiger partial charge in [-0.05, 0) is 45.4 Å². The van der Waals surface area contributed by atoms with Crippen molar-refractivity contribution in [3.63, 3.8) is 0 Å². The molecule has 190 valence electrons. The zero-order chi connectivity index (χ0) is 26.4. The Morgan fingerprint density at radius 3 is 2.53 bits per heavy atom. The zero-order valence-corrected chi connectivity index (χ0v) is 19.6. The number of benzene rings is 1. The first-order valence-corrected chi connectivity index (χ1v) is 11.0. The van der Waals surface area contributed by atoms with Gasteiger partial charge in [-0.1, -0.05) is 0 Å². The van der Waals surface area contributed by atoms with E-state index in [1.54, 1.807) is 20.8 Å². The van der Waals surface area contributed by atoms with Crippen LogP contribution in [0.5, 0.6) is 0 Å². The van der Waals surface area contributed by atoms with E-state index in [0.29, 0.717) is 19.0 Å². The molecule has 1 amide bonds. The molecule has 9 nitrogen and oxygen atoms in total. The van der Waals surface area contributed by atoms with E-state index in [1.807, 2.05) is 0 Å². The number of rotatable bonds is 4. The second kappa shape index (κ2) is 9.17. The summed E-state index contributed by atoms with van der Waals surface area (Å²) in [7, 11) is 0. The van der Waals surface area contributed by atoms with Gasteiger partial charge in [-0.25, -0.2) is 27.7 Å². The molecule has 1 aliphatic rings. The van der Waals surface area contributed by atoms with Crippen LogP contribution >= 0.6 is 0 Å². The van der Waals surface area contributed by atoms with Crippen molar-refractivity contribution in [2.24, 2.45) is 0 Å². The molecule has 1 unspecified atom stereocenters. The Morgan fingerprint density at radius 2 is 1.89 bits per heavy atom. The molecule has 3 aromatic rings. The van der Waals surface area contributed by atoms with Crippen molar-refractivity contribution in [3.05, 3.63) is 63.7 Å². The fourth-order valence-electron chi connectivity index (χ4n) is 3.99. The lowest BCUT2D eigenvalue weighted by molar-refractivity contribution is 0.0508. The van der Waals surface area contributed by atoms with Gasteiger partial charge in [-0.3, -0.25) is 9.36 Å². The van der Waals surface area contributed by atoms with E-state index in [0.717, 1.165) is 29.0 Å². The van der Waals surface area contributed by atoms with E-state index < -0.39 is 46.1 Å². The van der Waals surface area contributed by atoms with Crippen LogP contribution in [-0.2, 0) is 4.74 Å². The summed E-state index contributed by atoms with van der Waals surface area (Å²) in [5.41, 5.74) is -2.92. The molecule has 0 spiro atoms. The molecule has 36 heavy (non-hydrogen) atoms. The fourth-order valence-corrected chi connectivity index (χ4v) is 3.99. The molecule has 3 heterocycles. The van der Waals surface area contributed by atoms with Crippen LogP contribution in [0.25, 0.3) is 16.7 Å². The van der Waals surface area contributed by atoms with E-state index in [-0.39, 0.29) is 35.1 Å². The van der Waals surface area contributed by atoms with E-state index in [9.17, 15) is 28.3 Å². The molecule has 12 heteroatoms. The Bertz CT molecular complexity index is 1430. The highest BCUT2D eigenvalue weighted by atomic mass is 19.1. The maximum atomic E-state index is 15.1. The molecular weight excluding hydrogens is 481 g/mol. The number of halogens is 3.